The van der Waals surface area contributed by atoms with E-state index in [2.05, 4.69) is 22.0 Å². The molecule has 2 rings (SSSR count). The van der Waals surface area contributed by atoms with Gasteiger partial charge < -0.3 is 4.98 Å². The second-order valence-corrected chi connectivity index (χ2v) is 3.77. The molecule has 0 aliphatic rings. The molecule has 0 radical (unpaired) electrons. The average Bonchev–Trinajstić information content (AvgIpc) is 2.64. The van der Waals surface area contributed by atoms with E-state index in [9.17, 15) is 0 Å². The van der Waals surface area contributed by atoms with Gasteiger partial charge in [0.15, 0.2) is 0 Å². The number of hydrogen-bond acceptors (Lipinski definition) is 3. The third-order valence-electron chi connectivity index (χ3n) is 2.16. The van der Waals surface area contributed by atoms with E-state index in [0.29, 0.717) is 4.64 Å². The first-order valence-corrected chi connectivity index (χ1v) is 5.19. The van der Waals surface area contributed by atoms with E-state index >= 15 is 0 Å². The van der Waals surface area contributed by atoms with Crippen LogP contribution in [0.2, 0.25) is 0 Å². The van der Waals surface area contributed by atoms with Crippen molar-refractivity contribution in [1.29, 1.82) is 0 Å². The SMILES string of the molecule is CCc1cc(=S)nc(-c2cnn(C)c2)[nH]1. The highest BCUT2D eigenvalue weighted by atomic mass is 32.1. The van der Waals surface area contributed by atoms with Crippen molar-refractivity contribution in [2.45, 2.75) is 13.3 Å². The highest BCUT2D eigenvalue weighted by Crippen LogP contribution is 2.13. The number of H-pyrrole nitrogens is 1. The zero-order valence-electron chi connectivity index (χ0n) is 8.69. The molecule has 0 atom stereocenters. The summed E-state index contributed by atoms with van der Waals surface area (Å²) in [5, 5.41) is 4.10. The van der Waals surface area contributed by atoms with Crippen LogP contribution < -0.4 is 0 Å². The van der Waals surface area contributed by atoms with E-state index in [0.717, 1.165) is 23.5 Å². The van der Waals surface area contributed by atoms with Gasteiger partial charge in [-0.05, 0) is 12.5 Å². The Balaban J connectivity index is 2.53. The maximum atomic E-state index is 5.10. The molecule has 5 heteroatoms. The number of rotatable bonds is 2. The maximum Gasteiger partial charge on any atom is 0.142 e. The summed E-state index contributed by atoms with van der Waals surface area (Å²) in [5.74, 6) is 0.785. The molecule has 2 aromatic heterocycles. The molecule has 78 valence electrons. The van der Waals surface area contributed by atoms with Crippen molar-refractivity contribution in [3.05, 3.63) is 28.8 Å². The quantitative estimate of drug-likeness (QED) is 0.788. The summed E-state index contributed by atoms with van der Waals surface area (Å²) >= 11 is 5.10. The van der Waals surface area contributed by atoms with Gasteiger partial charge in [-0.2, -0.15) is 5.10 Å². The summed E-state index contributed by atoms with van der Waals surface area (Å²) in [4.78, 5) is 7.50. The van der Waals surface area contributed by atoms with Crippen molar-refractivity contribution in [2.24, 2.45) is 7.05 Å². The molecule has 0 bridgehead atoms. The van der Waals surface area contributed by atoms with Crippen LogP contribution in [0.4, 0.5) is 0 Å². The van der Waals surface area contributed by atoms with E-state index in [-0.39, 0.29) is 0 Å². The fourth-order valence-corrected chi connectivity index (χ4v) is 1.61. The van der Waals surface area contributed by atoms with Gasteiger partial charge in [-0.1, -0.05) is 19.1 Å². The smallest absolute Gasteiger partial charge is 0.142 e. The normalized spacial score (nSPS) is 10.5. The molecule has 0 amide bonds. The van der Waals surface area contributed by atoms with Gasteiger partial charge in [-0.15, -0.1) is 0 Å². The zero-order chi connectivity index (χ0) is 10.8. The zero-order valence-corrected chi connectivity index (χ0v) is 9.51. The minimum Gasteiger partial charge on any atom is -0.343 e. The van der Waals surface area contributed by atoms with Crippen LogP contribution in [-0.2, 0) is 13.5 Å². The molecule has 0 saturated carbocycles. The van der Waals surface area contributed by atoms with Crippen LogP contribution in [0.15, 0.2) is 18.5 Å². The van der Waals surface area contributed by atoms with Crippen molar-refractivity contribution in [2.75, 3.05) is 0 Å². The summed E-state index contributed by atoms with van der Waals surface area (Å²) in [5.41, 5.74) is 2.05. The van der Waals surface area contributed by atoms with Gasteiger partial charge >= 0.3 is 0 Å². The molecule has 1 N–H and O–H groups in total. The molecule has 0 aromatic carbocycles. The fourth-order valence-electron chi connectivity index (χ4n) is 1.38. The van der Waals surface area contributed by atoms with Gasteiger partial charge in [0, 0.05) is 18.9 Å². The highest BCUT2D eigenvalue weighted by molar-refractivity contribution is 7.71. The van der Waals surface area contributed by atoms with Crippen molar-refractivity contribution >= 4 is 12.2 Å². The average molecular weight is 220 g/mol. The van der Waals surface area contributed by atoms with Gasteiger partial charge in [-0.25, -0.2) is 4.98 Å². The molecule has 2 aromatic rings. The molecule has 2 heterocycles. The first-order valence-electron chi connectivity index (χ1n) is 4.78. The molecule has 4 nitrogen and oxygen atoms in total. The predicted octanol–water partition coefficient (Wildman–Crippen LogP) is 2.10. The third-order valence-corrected chi connectivity index (χ3v) is 2.37. The van der Waals surface area contributed by atoms with Gasteiger partial charge in [0.1, 0.15) is 10.5 Å². The summed E-state index contributed by atoms with van der Waals surface area (Å²) in [6, 6.07) is 1.88. The van der Waals surface area contributed by atoms with E-state index in [1.807, 2.05) is 19.3 Å². The minimum absolute atomic E-state index is 0.615. The summed E-state index contributed by atoms with van der Waals surface area (Å²) < 4.78 is 2.36. The first-order chi connectivity index (χ1) is 7.19. The first kappa shape index (κ1) is 10.0. The summed E-state index contributed by atoms with van der Waals surface area (Å²) in [6.07, 6.45) is 4.60. The van der Waals surface area contributed by atoms with Crippen LogP contribution in [-0.4, -0.2) is 19.7 Å². The van der Waals surface area contributed by atoms with Crippen molar-refractivity contribution in [3.63, 3.8) is 0 Å². The predicted molar refractivity (Wildman–Crippen MR) is 61.0 cm³/mol. The van der Waals surface area contributed by atoms with Gasteiger partial charge in [0.25, 0.3) is 0 Å². The molecular weight excluding hydrogens is 208 g/mol. The lowest BCUT2D eigenvalue weighted by molar-refractivity contribution is 0.768. The third kappa shape index (κ3) is 2.12. The lowest BCUT2D eigenvalue weighted by Gasteiger charge is -2.01. The molecular formula is C10H12N4S. The van der Waals surface area contributed by atoms with E-state index in [4.69, 9.17) is 12.2 Å². The monoisotopic (exact) mass is 220 g/mol. The number of hydrogen-bond donors (Lipinski definition) is 1. The number of nitrogens with one attached hydrogen (secondary N) is 1. The molecule has 15 heavy (non-hydrogen) atoms. The lowest BCUT2D eigenvalue weighted by Crippen LogP contribution is -1.94. The number of nitrogens with zero attached hydrogens (tertiary/aromatic N) is 3. The maximum absolute atomic E-state index is 5.10. The van der Waals surface area contributed by atoms with Crippen LogP contribution in [0, 0.1) is 4.64 Å². The fraction of sp³-hybridized carbons (Fsp3) is 0.300. The molecule has 0 unspecified atom stereocenters. The Hall–Kier alpha value is -1.49. The van der Waals surface area contributed by atoms with Crippen LogP contribution in [0.5, 0.6) is 0 Å². The van der Waals surface area contributed by atoms with Crippen molar-refractivity contribution < 1.29 is 0 Å². The van der Waals surface area contributed by atoms with Crippen LogP contribution >= 0.6 is 12.2 Å². The second kappa shape index (κ2) is 3.94. The van der Waals surface area contributed by atoms with Crippen molar-refractivity contribution in [3.8, 4) is 11.4 Å². The van der Waals surface area contributed by atoms with E-state index in [1.54, 1.807) is 10.9 Å². The largest absolute Gasteiger partial charge is 0.343 e. The summed E-state index contributed by atoms with van der Waals surface area (Å²) in [7, 11) is 1.88. The summed E-state index contributed by atoms with van der Waals surface area (Å²) in [6.45, 7) is 2.08. The highest BCUT2D eigenvalue weighted by Gasteiger charge is 2.03. The lowest BCUT2D eigenvalue weighted by atomic mass is 10.3. The number of aromatic amines is 1. The van der Waals surface area contributed by atoms with Crippen LogP contribution in [0.1, 0.15) is 12.6 Å². The van der Waals surface area contributed by atoms with Gasteiger partial charge in [0.05, 0.1) is 11.8 Å². The Morgan fingerprint density at radius 3 is 2.93 bits per heavy atom. The number of aromatic nitrogens is 4. The Morgan fingerprint density at radius 1 is 1.53 bits per heavy atom. The Labute approximate surface area is 93.0 Å². The molecule has 0 fully saturated rings. The Bertz CT molecular complexity index is 526. The Kier molecular flexibility index (Phi) is 2.64. The topological polar surface area (TPSA) is 46.5 Å². The Morgan fingerprint density at radius 2 is 2.33 bits per heavy atom. The van der Waals surface area contributed by atoms with Crippen LogP contribution in [0.3, 0.4) is 0 Å². The van der Waals surface area contributed by atoms with Crippen molar-refractivity contribution in [1.82, 2.24) is 19.7 Å². The van der Waals surface area contributed by atoms with Gasteiger partial charge in [0.2, 0.25) is 0 Å². The van der Waals surface area contributed by atoms with E-state index < -0.39 is 0 Å². The number of aryl methyl sites for hydroxylation is 2. The molecule has 0 saturated heterocycles. The van der Waals surface area contributed by atoms with E-state index in [1.165, 1.54) is 0 Å². The molecule has 0 spiro atoms. The standard InChI is InChI=1S/C10H12N4S/c1-3-8-4-9(15)13-10(12-8)7-5-11-14(2)6-7/h4-6H,3H2,1-2H3,(H,12,13,15). The minimum atomic E-state index is 0.615. The molecule has 0 aliphatic heterocycles. The van der Waals surface area contributed by atoms with Crippen LogP contribution in [0.25, 0.3) is 11.4 Å². The second-order valence-electron chi connectivity index (χ2n) is 3.35. The molecule has 0 aliphatic carbocycles. The van der Waals surface area contributed by atoms with Gasteiger partial charge in [-0.3, -0.25) is 4.68 Å².